The van der Waals surface area contributed by atoms with Gasteiger partial charge in [0.2, 0.25) is 0 Å². The number of carbonyl (C=O) groups excluding carboxylic acids is 1. The lowest BCUT2D eigenvalue weighted by Crippen LogP contribution is -2.12. The van der Waals surface area contributed by atoms with E-state index >= 15 is 0 Å². The van der Waals surface area contributed by atoms with E-state index in [1.165, 1.54) is 24.3 Å². The fourth-order valence-electron chi connectivity index (χ4n) is 2.33. The van der Waals surface area contributed by atoms with E-state index in [4.69, 9.17) is 4.74 Å². The first kappa shape index (κ1) is 17.4. The number of ether oxygens (including phenoxy) is 1. The van der Waals surface area contributed by atoms with Crippen LogP contribution in [0.5, 0.6) is 5.75 Å². The zero-order chi connectivity index (χ0) is 18.4. The van der Waals surface area contributed by atoms with Crippen LogP contribution in [0.4, 0.5) is 21.6 Å². The van der Waals surface area contributed by atoms with E-state index in [9.17, 15) is 9.18 Å². The van der Waals surface area contributed by atoms with Gasteiger partial charge in [-0.1, -0.05) is 0 Å². The number of hydrogen-bond donors (Lipinski definition) is 2. The molecule has 0 bridgehead atoms. The average molecular weight is 351 g/mol. The molecule has 2 N–H and O–H groups in total. The van der Waals surface area contributed by atoms with Crippen LogP contribution in [-0.2, 0) is 0 Å². The van der Waals surface area contributed by atoms with Crippen molar-refractivity contribution >= 4 is 23.1 Å². The Hall–Kier alpha value is -3.41. The predicted molar refractivity (Wildman–Crippen MR) is 99.5 cm³/mol. The van der Waals surface area contributed by atoms with Gasteiger partial charge >= 0.3 is 0 Å². The van der Waals surface area contributed by atoms with Gasteiger partial charge in [0.05, 0.1) is 6.61 Å². The normalized spacial score (nSPS) is 10.2. The fourth-order valence-corrected chi connectivity index (χ4v) is 2.33. The highest BCUT2D eigenvalue weighted by Gasteiger charge is 2.08. The van der Waals surface area contributed by atoms with Crippen molar-refractivity contribution < 1.29 is 13.9 Å². The van der Waals surface area contributed by atoms with Crippen LogP contribution in [0.15, 0.2) is 66.9 Å². The van der Waals surface area contributed by atoms with Gasteiger partial charge in [0.15, 0.2) is 0 Å². The maximum absolute atomic E-state index is 12.9. The van der Waals surface area contributed by atoms with Crippen LogP contribution in [-0.4, -0.2) is 17.5 Å². The molecule has 1 aromatic heterocycles. The van der Waals surface area contributed by atoms with Crippen molar-refractivity contribution in [3.8, 4) is 5.75 Å². The molecule has 5 nitrogen and oxygen atoms in total. The Kier molecular flexibility index (Phi) is 5.43. The molecular weight excluding hydrogens is 333 g/mol. The number of carbonyl (C=O) groups is 1. The maximum Gasteiger partial charge on any atom is 0.255 e. The minimum absolute atomic E-state index is 0.297. The summed E-state index contributed by atoms with van der Waals surface area (Å²) < 4.78 is 18.3. The molecule has 0 saturated heterocycles. The summed E-state index contributed by atoms with van der Waals surface area (Å²) in [4.78, 5) is 16.6. The van der Waals surface area contributed by atoms with E-state index in [1.807, 2.05) is 31.2 Å². The Bertz CT molecular complexity index is 880. The van der Waals surface area contributed by atoms with E-state index in [2.05, 4.69) is 15.6 Å². The van der Waals surface area contributed by atoms with Crippen LogP contribution >= 0.6 is 0 Å². The molecule has 3 aromatic rings. The number of rotatable bonds is 6. The molecule has 1 heterocycles. The quantitative estimate of drug-likeness (QED) is 0.680. The molecule has 0 radical (unpaired) electrons. The number of nitrogens with one attached hydrogen (secondary N) is 2. The second kappa shape index (κ2) is 8.11. The van der Waals surface area contributed by atoms with Crippen molar-refractivity contribution in [1.29, 1.82) is 0 Å². The molecule has 1 amide bonds. The second-order valence-corrected chi connectivity index (χ2v) is 5.47. The third-order valence-corrected chi connectivity index (χ3v) is 3.56. The van der Waals surface area contributed by atoms with Crippen LogP contribution in [0, 0.1) is 5.82 Å². The van der Waals surface area contributed by atoms with E-state index in [0.717, 1.165) is 11.4 Å². The first-order valence-corrected chi connectivity index (χ1v) is 8.17. The van der Waals surface area contributed by atoms with Crippen LogP contribution in [0.3, 0.4) is 0 Å². The third-order valence-electron chi connectivity index (χ3n) is 3.56. The molecule has 0 aliphatic carbocycles. The number of nitrogens with zero attached hydrogens (tertiary/aromatic N) is 1. The lowest BCUT2D eigenvalue weighted by molar-refractivity contribution is 0.102. The van der Waals surface area contributed by atoms with Crippen molar-refractivity contribution in [2.45, 2.75) is 6.92 Å². The predicted octanol–water partition coefficient (Wildman–Crippen LogP) is 4.62. The first-order chi connectivity index (χ1) is 12.6. The van der Waals surface area contributed by atoms with Gasteiger partial charge in [0.1, 0.15) is 17.4 Å². The van der Waals surface area contributed by atoms with Crippen LogP contribution in [0.2, 0.25) is 0 Å². The van der Waals surface area contributed by atoms with Crippen molar-refractivity contribution in [2.75, 3.05) is 17.2 Å². The van der Waals surface area contributed by atoms with Gasteiger partial charge in [0.25, 0.3) is 5.91 Å². The molecule has 0 atom stereocenters. The number of halogens is 1. The summed E-state index contributed by atoms with van der Waals surface area (Å²) in [6.07, 6.45) is 1.55. The first-order valence-electron chi connectivity index (χ1n) is 8.17. The molecule has 0 spiro atoms. The Morgan fingerprint density at radius 2 is 1.73 bits per heavy atom. The number of benzene rings is 2. The lowest BCUT2D eigenvalue weighted by atomic mass is 10.2. The van der Waals surface area contributed by atoms with Crippen molar-refractivity contribution in [1.82, 2.24) is 4.98 Å². The average Bonchev–Trinajstić information content (AvgIpc) is 2.66. The minimum atomic E-state index is -0.353. The summed E-state index contributed by atoms with van der Waals surface area (Å²) in [5, 5.41) is 5.86. The molecule has 0 aliphatic rings. The topological polar surface area (TPSA) is 63.2 Å². The fraction of sp³-hybridized carbons (Fsp3) is 0.100. The van der Waals surface area contributed by atoms with Gasteiger partial charge in [0, 0.05) is 23.1 Å². The zero-order valence-electron chi connectivity index (χ0n) is 14.2. The molecule has 26 heavy (non-hydrogen) atoms. The molecule has 132 valence electrons. The lowest BCUT2D eigenvalue weighted by Gasteiger charge is -2.09. The highest BCUT2D eigenvalue weighted by molar-refractivity contribution is 6.04. The molecule has 6 heteroatoms. The van der Waals surface area contributed by atoms with Crippen LogP contribution in [0.1, 0.15) is 17.3 Å². The van der Waals surface area contributed by atoms with Gasteiger partial charge in [-0.05, 0) is 67.6 Å². The molecule has 3 rings (SSSR count). The van der Waals surface area contributed by atoms with Gasteiger partial charge in [-0.15, -0.1) is 0 Å². The third kappa shape index (κ3) is 4.57. The molecule has 0 saturated carbocycles. The van der Waals surface area contributed by atoms with Gasteiger partial charge < -0.3 is 15.4 Å². The highest BCUT2D eigenvalue weighted by Crippen LogP contribution is 2.20. The standard InChI is InChI=1S/C20H18FN3O2/c1-2-26-18-9-7-16(8-10-18)23-19-13-14(11-12-22-19)20(25)24-17-5-3-15(21)4-6-17/h3-13H,2H2,1H3,(H,22,23)(H,24,25). The number of aromatic nitrogens is 1. The van der Waals surface area contributed by atoms with E-state index in [-0.39, 0.29) is 11.7 Å². The number of pyridine rings is 1. The zero-order valence-corrected chi connectivity index (χ0v) is 14.2. The second-order valence-electron chi connectivity index (χ2n) is 5.47. The Morgan fingerprint density at radius 3 is 2.42 bits per heavy atom. The number of anilines is 3. The highest BCUT2D eigenvalue weighted by atomic mass is 19.1. The van der Waals surface area contributed by atoms with E-state index in [1.54, 1.807) is 18.3 Å². The van der Waals surface area contributed by atoms with Crippen molar-refractivity contribution in [3.63, 3.8) is 0 Å². The Balaban J connectivity index is 1.69. The maximum atomic E-state index is 12.9. The SMILES string of the molecule is CCOc1ccc(Nc2cc(C(=O)Nc3ccc(F)cc3)ccn2)cc1. The van der Waals surface area contributed by atoms with Crippen molar-refractivity contribution in [2.24, 2.45) is 0 Å². The van der Waals surface area contributed by atoms with E-state index < -0.39 is 0 Å². The van der Waals surface area contributed by atoms with Crippen LogP contribution < -0.4 is 15.4 Å². The molecule has 0 fully saturated rings. The summed E-state index contributed by atoms with van der Waals surface area (Å²) >= 11 is 0. The van der Waals surface area contributed by atoms with Gasteiger partial charge in [-0.25, -0.2) is 9.37 Å². The molecule has 0 unspecified atom stereocenters. The van der Waals surface area contributed by atoms with Crippen molar-refractivity contribution in [3.05, 3.63) is 78.2 Å². The number of amides is 1. The Morgan fingerprint density at radius 1 is 1.04 bits per heavy atom. The minimum Gasteiger partial charge on any atom is -0.494 e. The number of hydrogen-bond acceptors (Lipinski definition) is 4. The van der Waals surface area contributed by atoms with Gasteiger partial charge in [-0.2, -0.15) is 0 Å². The Labute approximate surface area is 150 Å². The smallest absolute Gasteiger partial charge is 0.255 e. The molecule has 0 aliphatic heterocycles. The summed E-state index contributed by atoms with van der Waals surface area (Å²) in [7, 11) is 0. The van der Waals surface area contributed by atoms with Gasteiger partial charge in [-0.3, -0.25) is 4.79 Å². The molecule has 2 aromatic carbocycles. The van der Waals surface area contributed by atoms with Crippen LogP contribution in [0.25, 0.3) is 0 Å². The summed E-state index contributed by atoms with van der Waals surface area (Å²) in [5.41, 5.74) is 1.80. The summed E-state index contributed by atoms with van der Waals surface area (Å²) in [6.45, 7) is 2.54. The monoisotopic (exact) mass is 351 g/mol. The molecular formula is C20H18FN3O2. The largest absolute Gasteiger partial charge is 0.494 e. The summed E-state index contributed by atoms with van der Waals surface area (Å²) in [6, 6.07) is 16.3. The van der Waals surface area contributed by atoms with E-state index in [0.29, 0.717) is 23.7 Å². The summed E-state index contributed by atoms with van der Waals surface area (Å²) in [5.74, 6) is 0.682.